The second kappa shape index (κ2) is 4.50. The van der Waals surface area contributed by atoms with Gasteiger partial charge in [-0.05, 0) is 11.5 Å². The van der Waals surface area contributed by atoms with E-state index in [1.807, 2.05) is 14.1 Å². The molecule has 8 heteroatoms. The van der Waals surface area contributed by atoms with Crippen LogP contribution in [0.2, 0.25) is 0 Å². The number of aromatic amines is 1. The van der Waals surface area contributed by atoms with Crippen molar-refractivity contribution in [1.82, 2.24) is 13.9 Å². The van der Waals surface area contributed by atoms with Crippen LogP contribution in [0.1, 0.15) is 0 Å². The molecule has 17 heavy (non-hydrogen) atoms. The van der Waals surface area contributed by atoms with E-state index in [2.05, 4.69) is 9.36 Å². The first-order valence-electron chi connectivity index (χ1n) is 4.92. The lowest BCUT2D eigenvalue weighted by Crippen LogP contribution is -2.31. The van der Waals surface area contributed by atoms with E-state index in [0.717, 1.165) is 5.00 Å². The number of fused-ring (bicyclic) bond motifs is 1. The maximum atomic E-state index is 11.8. The van der Waals surface area contributed by atoms with Crippen molar-refractivity contribution < 1.29 is 0 Å². The molecule has 0 radical (unpaired) electrons. The molecule has 92 valence electrons. The minimum absolute atomic E-state index is 0.288. The second-order valence-electron chi connectivity index (χ2n) is 3.68. The van der Waals surface area contributed by atoms with Gasteiger partial charge in [0.25, 0.3) is 5.56 Å². The Morgan fingerprint density at radius 3 is 2.76 bits per heavy atom. The number of nitrogens with one attached hydrogen (secondary N) is 1. The molecule has 0 amide bonds. The van der Waals surface area contributed by atoms with Gasteiger partial charge in [-0.2, -0.15) is 4.37 Å². The van der Waals surface area contributed by atoms with E-state index in [9.17, 15) is 9.59 Å². The molecule has 0 unspecified atom stereocenters. The Hall–Kier alpha value is -1.34. The fourth-order valence-electron chi connectivity index (χ4n) is 1.58. The first kappa shape index (κ1) is 12.1. The Morgan fingerprint density at radius 1 is 1.47 bits per heavy atom. The zero-order valence-corrected chi connectivity index (χ0v) is 10.9. The normalized spacial score (nSPS) is 11.0. The topological polar surface area (TPSA) is 71.0 Å². The lowest BCUT2D eigenvalue weighted by Gasteiger charge is -2.08. The number of hydrogen-bond donors (Lipinski definition) is 1. The van der Waals surface area contributed by atoms with E-state index in [-0.39, 0.29) is 5.88 Å². The van der Waals surface area contributed by atoms with Gasteiger partial charge in [0.05, 0.1) is 0 Å². The van der Waals surface area contributed by atoms with Crippen molar-refractivity contribution in [2.45, 2.75) is 6.54 Å². The highest BCUT2D eigenvalue weighted by Crippen LogP contribution is 2.25. The van der Waals surface area contributed by atoms with E-state index in [1.165, 1.54) is 16.1 Å². The minimum Gasteiger partial charge on any atom is -0.368 e. The maximum Gasteiger partial charge on any atom is 0.330 e. The molecule has 1 N–H and O–H groups in total. The summed E-state index contributed by atoms with van der Waals surface area (Å²) in [7, 11) is 3.65. The van der Waals surface area contributed by atoms with Crippen LogP contribution in [0.4, 0.5) is 5.00 Å². The van der Waals surface area contributed by atoms with Crippen molar-refractivity contribution in [2.24, 2.45) is 0 Å². The molecule has 2 rings (SSSR count). The van der Waals surface area contributed by atoms with Crippen molar-refractivity contribution in [3.63, 3.8) is 0 Å². The summed E-state index contributed by atoms with van der Waals surface area (Å²) in [6.45, 7) is 0.324. The number of halogens is 1. The Kier molecular flexibility index (Phi) is 3.21. The molecule has 0 aliphatic carbocycles. The van der Waals surface area contributed by atoms with Gasteiger partial charge in [0, 0.05) is 26.5 Å². The number of aryl methyl sites for hydroxylation is 1. The van der Waals surface area contributed by atoms with Gasteiger partial charge in [-0.1, -0.05) is 0 Å². The Morgan fingerprint density at radius 2 is 2.18 bits per heavy atom. The summed E-state index contributed by atoms with van der Waals surface area (Å²) >= 11 is 6.82. The zero-order valence-electron chi connectivity index (χ0n) is 9.36. The minimum atomic E-state index is -0.473. The molecule has 0 fully saturated rings. The van der Waals surface area contributed by atoms with Gasteiger partial charge in [-0.15, -0.1) is 11.6 Å². The van der Waals surface area contributed by atoms with Gasteiger partial charge in [-0.3, -0.25) is 14.3 Å². The van der Waals surface area contributed by atoms with Crippen LogP contribution in [0.3, 0.4) is 0 Å². The molecule has 0 aromatic carbocycles. The molecule has 0 aliphatic rings. The third-order valence-electron chi connectivity index (χ3n) is 2.32. The average molecular weight is 275 g/mol. The van der Waals surface area contributed by atoms with Crippen LogP contribution >= 0.6 is 23.1 Å². The van der Waals surface area contributed by atoms with Crippen LogP contribution in [-0.2, 0) is 6.54 Å². The quantitative estimate of drug-likeness (QED) is 0.825. The number of hydrogen-bond acceptors (Lipinski definition) is 5. The number of nitrogens with zero attached hydrogens (tertiary/aromatic N) is 3. The third-order valence-corrected chi connectivity index (χ3v) is 3.49. The highest BCUT2D eigenvalue weighted by Gasteiger charge is 2.16. The summed E-state index contributed by atoms with van der Waals surface area (Å²) in [5.74, 6) is 0.288. The number of rotatable bonds is 3. The summed E-state index contributed by atoms with van der Waals surface area (Å²) in [6.07, 6.45) is 0. The van der Waals surface area contributed by atoms with E-state index >= 15 is 0 Å². The Bertz CT molecular complexity index is 657. The van der Waals surface area contributed by atoms with Gasteiger partial charge in [0.1, 0.15) is 10.4 Å². The van der Waals surface area contributed by atoms with E-state index in [1.54, 1.807) is 4.90 Å². The third kappa shape index (κ3) is 1.96. The van der Waals surface area contributed by atoms with E-state index in [4.69, 9.17) is 11.6 Å². The Labute approximate surface area is 106 Å². The number of alkyl halides is 1. The van der Waals surface area contributed by atoms with Crippen LogP contribution in [-0.4, -0.2) is 33.9 Å². The van der Waals surface area contributed by atoms with Crippen molar-refractivity contribution in [3.8, 4) is 0 Å². The summed E-state index contributed by atoms with van der Waals surface area (Å²) in [4.78, 5) is 27.5. The second-order valence-corrected chi connectivity index (χ2v) is 4.81. The summed E-state index contributed by atoms with van der Waals surface area (Å²) < 4.78 is 5.55. The van der Waals surface area contributed by atoms with Crippen LogP contribution in [0, 0.1) is 0 Å². The van der Waals surface area contributed by atoms with Gasteiger partial charge in [0.2, 0.25) is 0 Å². The molecular formula is C9H11ClN4O2S. The van der Waals surface area contributed by atoms with Crippen LogP contribution < -0.4 is 16.1 Å². The lowest BCUT2D eigenvalue weighted by atomic mass is 10.4. The zero-order chi connectivity index (χ0) is 12.6. The molecular weight excluding hydrogens is 264 g/mol. The summed E-state index contributed by atoms with van der Waals surface area (Å²) in [5.41, 5.74) is -0.486. The van der Waals surface area contributed by atoms with Gasteiger partial charge in [0.15, 0.2) is 5.65 Å². The lowest BCUT2D eigenvalue weighted by molar-refractivity contribution is 0.726. The number of aromatic nitrogens is 3. The van der Waals surface area contributed by atoms with Gasteiger partial charge < -0.3 is 4.90 Å². The van der Waals surface area contributed by atoms with Gasteiger partial charge >= 0.3 is 5.69 Å². The molecule has 6 nitrogen and oxygen atoms in total. The highest BCUT2D eigenvalue weighted by molar-refractivity contribution is 7.11. The van der Waals surface area contributed by atoms with Crippen molar-refractivity contribution in [1.29, 1.82) is 0 Å². The predicted octanol–water partition coefficient (Wildman–Crippen LogP) is 0.451. The maximum absolute atomic E-state index is 11.8. The van der Waals surface area contributed by atoms with Crippen LogP contribution in [0.25, 0.3) is 11.0 Å². The first-order chi connectivity index (χ1) is 8.06. The molecule has 0 saturated carbocycles. The molecule has 2 aromatic heterocycles. The fraction of sp³-hybridized carbons (Fsp3) is 0.444. The Balaban J connectivity index is 2.86. The summed E-state index contributed by atoms with van der Waals surface area (Å²) in [6, 6.07) is 0. The van der Waals surface area contributed by atoms with Crippen molar-refractivity contribution >= 4 is 39.2 Å². The van der Waals surface area contributed by atoms with Crippen molar-refractivity contribution in [3.05, 3.63) is 20.8 Å². The SMILES string of the molecule is CN(C)c1snc2c1c(=O)[nH]c(=O)n2CCCl. The molecule has 0 bridgehead atoms. The van der Waals surface area contributed by atoms with Crippen LogP contribution in [0.5, 0.6) is 0 Å². The summed E-state index contributed by atoms with van der Waals surface area (Å²) in [5, 5.41) is 1.16. The average Bonchev–Trinajstić information content (AvgIpc) is 2.68. The first-order valence-corrected chi connectivity index (χ1v) is 6.23. The molecule has 0 saturated heterocycles. The molecule has 0 atom stereocenters. The van der Waals surface area contributed by atoms with Crippen LogP contribution in [0.15, 0.2) is 9.59 Å². The number of anilines is 1. The predicted molar refractivity (Wildman–Crippen MR) is 69.5 cm³/mol. The highest BCUT2D eigenvalue weighted by atomic mass is 35.5. The van der Waals surface area contributed by atoms with E-state index in [0.29, 0.717) is 17.6 Å². The molecule has 2 aromatic rings. The fourth-order valence-corrected chi connectivity index (χ4v) is 2.55. The monoisotopic (exact) mass is 274 g/mol. The molecule has 2 heterocycles. The van der Waals surface area contributed by atoms with E-state index < -0.39 is 11.2 Å². The standard InChI is InChI=1S/C9H11ClN4O2S/c1-13(2)8-5-6(12-17-8)14(4-3-10)9(16)11-7(5)15/h3-4H2,1-2H3,(H,11,15,16). The van der Waals surface area contributed by atoms with Crippen molar-refractivity contribution in [2.75, 3.05) is 24.9 Å². The number of H-pyrrole nitrogens is 1. The largest absolute Gasteiger partial charge is 0.368 e. The molecule has 0 spiro atoms. The molecule has 0 aliphatic heterocycles. The van der Waals surface area contributed by atoms with Gasteiger partial charge in [-0.25, -0.2) is 4.79 Å². The smallest absolute Gasteiger partial charge is 0.330 e.